The first-order chi connectivity index (χ1) is 12.6. The molecule has 0 aromatic heterocycles. The van der Waals surface area contributed by atoms with E-state index in [1.807, 2.05) is 31.2 Å². The van der Waals surface area contributed by atoms with Crippen LogP contribution in [0.1, 0.15) is 24.1 Å². The number of esters is 1. The van der Waals surface area contributed by atoms with E-state index in [4.69, 9.17) is 9.47 Å². The number of hydrogen-bond acceptors (Lipinski definition) is 5. The third kappa shape index (κ3) is 4.23. The van der Waals surface area contributed by atoms with Crippen molar-refractivity contribution in [2.75, 3.05) is 39.5 Å². The molecule has 26 heavy (non-hydrogen) atoms. The van der Waals surface area contributed by atoms with E-state index in [-0.39, 0.29) is 12.6 Å². The molecule has 0 saturated carbocycles. The van der Waals surface area contributed by atoms with Crippen LogP contribution in [0.3, 0.4) is 0 Å². The molecule has 2 N–H and O–H groups in total. The zero-order valence-electron chi connectivity index (χ0n) is 15.2. The van der Waals surface area contributed by atoms with Crippen molar-refractivity contribution >= 4 is 12.0 Å². The summed E-state index contributed by atoms with van der Waals surface area (Å²) in [4.78, 5) is 27.1. The van der Waals surface area contributed by atoms with Crippen molar-refractivity contribution in [2.24, 2.45) is 0 Å². The smallest absolute Gasteiger partial charge is 0.338 e. The van der Waals surface area contributed by atoms with Gasteiger partial charge in [0.1, 0.15) is 0 Å². The lowest BCUT2D eigenvalue weighted by atomic mass is 9.94. The fourth-order valence-corrected chi connectivity index (χ4v) is 3.18. The van der Waals surface area contributed by atoms with Crippen LogP contribution in [-0.4, -0.2) is 56.4 Å². The first kappa shape index (κ1) is 18.4. The fraction of sp³-hybridized carbons (Fsp3) is 0.474. The van der Waals surface area contributed by atoms with Gasteiger partial charge in [-0.2, -0.15) is 0 Å². The Hall–Kier alpha value is -2.38. The molecule has 0 radical (unpaired) electrons. The first-order valence-corrected chi connectivity index (χ1v) is 8.93. The van der Waals surface area contributed by atoms with E-state index in [0.29, 0.717) is 31.0 Å². The summed E-state index contributed by atoms with van der Waals surface area (Å²) >= 11 is 0. The topological polar surface area (TPSA) is 79.9 Å². The van der Waals surface area contributed by atoms with Crippen LogP contribution in [0.4, 0.5) is 4.79 Å². The highest BCUT2D eigenvalue weighted by molar-refractivity contribution is 5.95. The number of nitrogens with one attached hydrogen (secondary N) is 2. The van der Waals surface area contributed by atoms with Crippen LogP contribution in [0.25, 0.3) is 0 Å². The van der Waals surface area contributed by atoms with Gasteiger partial charge in [0, 0.05) is 25.3 Å². The third-order valence-corrected chi connectivity index (χ3v) is 4.55. The Labute approximate surface area is 153 Å². The Balaban J connectivity index is 1.96. The highest BCUT2D eigenvalue weighted by Crippen LogP contribution is 2.28. The first-order valence-electron chi connectivity index (χ1n) is 8.93. The molecule has 0 aliphatic carbocycles. The van der Waals surface area contributed by atoms with Gasteiger partial charge in [0.15, 0.2) is 0 Å². The Bertz CT molecular complexity index is 693. The molecule has 2 amide bonds. The van der Waals surface area contributed by atoms with Crippen LogP contribution in [0.5, 0.6) is 0 Å². The number of nitrogens with zero attached hydrogens (tertiary/aromatic N) is 1. The van der Waals surface area contributed by atoms with Gasteiger partial charge in [-0.15, -0.1) is 0 Å². The molecule has 2 heterocycles. The van der Waals surface area contributed by atoms with Gasteiger partial charge in [0.05, 0.1) is 31.4 Å². The molecule has 7 nitrogen and oxygen atoms in total. The second-order valence-electron chi connectivity index (χ2n) is 6.44. The molecule has 1 atom stereocenters. The Morgan fingerprint density at radius 3 is 2.62 bits per heavy atom. The van der Waals surface area contributed by atoms with E-state index in [9.17, 15) is 9.59 Å². The molecule has 1 aromatic rings. The summed E-state index contributed by atoms with van der Waals surface area (Å²) in [6.45, 7) is 7.35. The molecule has 1 aromatic carbocycles. The van der Waals surface area contributed by atoms with Crippen LogP contribution >= 0.6 is 0 Å². The van der Waals surface area contributed by atoms with E-state index in [1.54, 1.807) is 6.92 Å². The second-order valence-corrected chi connectivity index (χ2v) is 6.44. The molecular formula is C19H25N3O4. The van der Waals surface area contributed by atoms with E-state index < -0.39 is 12.0 Å². The van der Waals surface area contributed by atoms with Crippen LogP contribution in [0, 0.1) is 6.92 Å². The molecule has 1 unspecified atom stereocenters. The van der Waals surface area contributed by atoms with Gasteiger partial charge in [-0.1, -0.05) is 29.8 Å². The minimum atomic E-state index is -0.528. The Kier molecular flexibility index (Phi) is 5.90. The summed E-state index contributed by atoms with van der Waals surface area (Å²) in [5.74, 6) is -0.408. The van der Waals surface area contributed by atoms with Crippen LogP contribution in [0.2, 0.25) is 0 Å². The number of hydrogen-bond donors (Lipinski definition) is 2. The molecule has 1 fully saturated rings. The molecular weight excluding hydrogens is 334 g/mol. The van der Waals surface area contributed by atoms with E-state index in [2.05, 4.69) is 15.5 Å². The predicted molar refractivity (Wildman–Crippen MR) is 96.5 cm³/mol. The molecule has 140 valence electrons. The summed E-state index contributed by atoms with van der Waals surface area (Å²) in [5.41, 5.74) is 3.03. The SMILES string of the molecule is CCOC(=O)C1=C(CN2CCOCC2)NC(=O)NC1c1ccc(C)cc1. The van der Waals surface area contributed by atoms with Gasteiger partial charge in [-0.3, -0.25) is 4.90 Å². The van der Waals surface area contributed by atoms with E-state index in [0.717, 1.165) is 24.2 Å². The number of urea groups is 1. The summed E-state index contributed by atoms with van der Waals surface area (Å²) in [6.07, 6.45) is 0. The largest absolute Gasteiger partial charge is 0.463 e. The Morgan fingerprint density at radius 1 is 1.27 bits per heavy atom. The summed E-state index contributed by atoms with van der Waals surface area (Å²) in [7, 11) is 0. The minimum Gasteiger partial charge on any atom is -0.463 e. The van der Waals surface area contributed by atoms with Crippen molar-refractivity contribution in [1.82, 2.24) is 15.5 Å². The molecule has 1 saturated heterocycles. The zero-order chi connectivity index (χ0) is 18.5. The number of ether oxygens (including phenoxy) is 2. The van der Waals surface area contributed by atoms with Crippen molar-refractivity contribution in [1.29, 1.82) is 0 Å². The number of benzene rings is 1. The second kappa shape index (κ2) is 8.33. The summed E-state index contributed by atoms with van der Waals surface area (Å²) in [6, 6.07) is 6.95. The van der Waals surface area contributed by atoms with Gasteiger partial charge < -0.3 is 20.1 Å². The van der Waals surface area contributed by atoms with Gasteiger partial charge >= 0.3 is 12.0 Å². The monoisotopic (exact) mass is 359 g/mol. The van der Waals surface area contributed by atoms with Gasteiger partial charge in [0.2, 0.25) is 0 Å². The lowest BCUT2D eigenvalue weighted by Gasteiger charge is -2.33. The highest BCUT2D eigenvalue weighted by atomic mass is 16.5. The number of morpholine rings is 1. The number of aryl methyl sites for hydroxylation is 1. The average molecular weight is 359 g/mol. The Morgan fingerprint density at radius 2 is 1.96 bits per heavy atom. The molecule has 0 spiro atoms. The fourth-order valence-electron chi connectivity index (χ4n) is 3.18. The van der Waals surface area contributed by atoms with Crippen molar-refractivity contribution in [3.05, 3.63) is 46.7 Å². The lowest BCUT2D eigenvalue weighted by molar-refractivity contribution is -0.139. The summed E-state index contributed by atoms with van der Waals surface area (Å²) < 4.78 is 10.7. The van der Waals surface area contributed by atoms with Crippen molar-refractivity contribution in [3.8, 4) is 0 Å². The summed E-state index contributed by atoms with van der Waals surface area (Å²) in [5, 5.41) is 5.67. The number of rotatable bonds is 5. The number of carbonyl (C=O) groups excluding carboxylic acids is 2. The van der Waals surface area contributed by atoms with Crippen LogP contribution < -0.4 is 10.6 Å². The van der Waals surface area contributed by atoms with Gasteiger partial charge in [0.25, 0.3) is 0 Å². The van der Waals surface area contributed by atoms with Crippen molar-refractivity contribution in [2.45, 2.75) is 19.9 Å². The van der Waals surface area contributed by atoms with Gasteiger partial charge in [-0.05, 0) is 19.4 Å². The number of carbonyl (C=O) groups is 2. The van der Waals surface area contributed by atoms with E-state index >= 15 is 0 Å². The lowest BCUT2D eigenvalue weighted by Crippen LogP contribution is -2.49. The van der Waals surface area contributed by atoms with Crippen LogP contribution in [0.15, 0.2) is 35.5 Å². The number of amides is 2. The maximum absolute atomic E-state index is 12.7. The molecule has 2 aliphatic heterocycles. The minimum absolute atomic E-state index is 0.279. The average Bonchev–Trinajstić information content (AvgIpc) is 2.63. The third-order valence-electron chi connectivity index (χ3n) is 4.55. The molecule has 2 aliphatic rings. The van der Waals surface area contributed by atoms with Crippen molar-refractivity contribution < 1.29 is 19.1 Å². The normalized spacial score (nSPS) is 21.2. The predicted octanol–water partition coefficient (Wildman–Crippen LogP) is 1.50. The quantitative estimate of drug-likeness (QED) is 0.779. The maximum atomic E-state index is 12.7. The molecule has 7 heteroatoms. The van der Waals surface area contributed by atoms with E-state index in [1.165, 1.54) is 0 Å². The maximum Gasteiger partial charge on any atom is 0.338 e. The molecule has 3 rings (SSSR count). The standard InChI is InChI=1S/C19H25N3O4/c1-3-26-18(23)16-15(12-22-8-10-25-11-9-22)20-19(24)21-17(16)14-6-4-13(2)5-7-14/h4-7,17H,3,8-12H2,1-2H3,(H2,20,21,24). The highest BCUT2D eigenvalue weighted by Gasteiger charge is 2.34. The van der Waals surface area contributed by atoms with Gasteiger partial charge in [-0.25, -0.2) is 9.59 Å². The molecule has 0 bridgehead atoms. The van der Waals surface area contributed by atoms with Crippen molar-refractivity contribution in [3.63, 3.8) is 0 Å². The zero-order valence-corrected chi connectivity index (χ0v) is 15.2. The van der Waals surface area contributed by atoms with Crippen LogP contribution in [-0.2, 0) is 14.3 Å².